The summed E-state index contributed by atoms with van der Waals surface area (Å²) >= 11 is 0. The Morgan fingerprint density at radius 2 is 2.08 bits per heavy atom. The van der Waals surface area contributed by atoms with Gasteiger partial charge in [0.05, 0.1) is 6.10 Å². The van der Waals surface area contributed by atoms with Crippen molar-refractivity contribution in [1.82, 2.24) is 5.32 Å². The highest BCUT2D eigenvalue weighted by Crippen LogP contribution is 2.23. The molecule has 0 amide bonds. The first-order valence-electron chi connectivity index (χ1n) is 5.06. The Morgan fingerprint density at radius 3 is 2.67 bits per heavy atom. The maximum Gasteiger partial charge on any atom is 0.0667 e. The number of methoxy groups -OCH3 is 1. The number of hydrogen-bond donors (Lipinski definition) is 1. The van der Waals surface area contributed by atoms with E-state index in [2.05, 4.69) is 12.2 Å². The fourth-order valence-electron chi connectivity index (χ4n) is 1.79. The van der Waals surface area contributed by atoms with Gasteiger partial charge in [-0.3, -0.25) is 0 Å². The summed E-state index contributed by atoms with van der Waals surface area (Å²) in [6, 6.07) is 0. The van der Waals surface area contributed by atoms with Gasteiger partial charge in [-0.25, -0.2) is 0 Å². The Labute approximate surface area is 75.7 Å². The van der Waals surface area contributed by atoms with Crippen LogP contribution in [0.2, 0.25) is 0 Å². The van der Waals surface area contributed by atoms with Crippen molar-refractivity contribution in [3.05, 3.63) is 0 Å². The molecule has 1 rings (SSSR count). The fourth-order valence-corrected chi connectivity index (χ4v) is 1.79. The van der Waals surface area contributed by atoms with Gasteiger partial charge in [-0.2, -0.15) is 0 Å². The third-order valence-electron chi connectivity index (χ3n) is 2.74. The summed E-state index contributed by atoms with van der Waals surface area (Å²) in [4.78, 5) is 0. The molecule has 1 aliphatic carbocycles. The number of hydrogen-bond acceptors (Lipinski definition) is 2. The lowest BCUT2D eigenvalue weighted by Crippen LogP contribution is -2.29. The van der Waals surface area contributed by atoms with Gasteiger partial charge >= 0.3 is 0 Å². The molecule has 2 nitrogen and oxygen atoms in total. The Bertz CT molecular complexity index is 110. The molecule has 0 heterocycles. The second kappa shape index (κ2) is 5.55. The highest BCUT2D eigenvalue weighted by molar-refractivity contribution is 4.69. The van der Waals surface area contributed by atoms with Crippen LogP contribution in [0, 0.1) is 5.92 Å². The molecule has 0 aromatic heterocycles. The summed E-state index contributed by atoms with van der Waals surface area (Å²) in [5.74, 6) is 0.939. The molecular formula is C10H21NO. The van der Waals surface area contributed by atoms with Crippen LogP contribution in [0.1, 0.15) is 32.6 Å². The molecular weight excluding hydrogens is 150 g/mol. The van der Waals surface area contributed by atoms with Crippen molar-refractivity contribution in [2.45, 2.75) is 38.7 Å². The van der Waals surface area contributed by atoms with Crippen molar-refractivity contribution < 1.29 is 4.74 Å². The molecule has 1 aliphatic rings. The first-order valence-corrected chi connectivity index (χ1v) is 5.06. The van der Waals surface area contributed by atoms with E-state index in [9.17, 15) is 0 Å². The average molecular weight is 171 g/mol. The Hall–Kier alpha value is -0.0800. The predicted molar refractivity (Wildman–Crippen MR) is 51.3 cm³/mol. The number of nitrogens with one attached hydrogen (secondary N) is 1. The zero-order valence-electron chi connectivity index (χ0n) is 8.31. The van der Waals surface area contributed by atoms with E-state index in [-0.39, 0.29) is 0 Å². The van der Waals surface area contributed by atoms with Gasteiger partial charge in [-0.05, 0) is 32.2 Å². The summed E-state index contributed by atoms with van der Waals surface area (Å²) in [5, 5.41) is 3.45. The molecule has 72 valence electrons. The molecule has 1 fully saturated rings. The first kappa shape index (κ1) is 10.0. The average Bonchev–Trinajstić information content (AvgIpc) is 2.57. The molecule has 2 heteroatoms. The summed E-state index contributed by atoms with van der Waals surface area (Å²) in [6.45, 7) is 4.28. The molecule has 0 aromatic carbocycles. The molecule has 0 radical (unpaired) electrons. The van der Waals surface area contributed by atoms with Gasteiger partial charge in [0.15, 0.2) is 0 Å². The minimum absolute atomic E-state index is 0.353. The van der Waals surface area contributed by atoms with Gasteiger partial charge in [0, 0.05) is 13.7 Å². The maximum absolute atomic E-state index is 5.15. The van der Waals surface area contributed by atoms with E-state index in [1.807, 2.05) is 0 Å². The van der Waals surface area contributed by atoms with Crippen LogP contribution in [0.4, 0.5) is 0 Å². The highest BCUT2D eigenvalue weighted by atomic mass is 16.5. The van der Waals surface area contributed by atoms with Crippen molar-refractivity contribution in [3.8, 4) is 0 Å². The minimum atomic E-state index is 0.353. The lowest BCUT2D eigenvalue weighted by molar-refractivity contribution is 0.116. The van der Waals surface area contributed by atoms with Crippen LogP contribution in [0.25, 0.3) is 0 Å². The standard InChI is InChI=1S/C10H21NO/c1-9(12-2)7-11-8-10-5-3-4-6-10/h9-11H,3-8H2,1-2H3. The summed E-state index contributed by atoms with van der Waals surface area (Å²) in [6.07, 6.45) is 6.08. The molecule has 0 saturated heterocycles. The van der Waals surface area contributed by atoms with Crippen molar-refractivity contribution in [1.29, 1.82) is 0 Å². The quantitative estimate of drug-likeness (QED) is 0.681. The molecule has 0 bridgehead atoms. The second-order valence-electron chi connectivity index (χ2n) is 3.86. The van der Waals surface area contributed by atoms with E-state index < -0.39 is 0 Å². The predicted octanol–water partition coefficient (Wildman–Crippen LogP) is 1.80. The van der Waals surface area contributed by atoms with E-state index >= 15 is 0 Å². The number of rotatable bonds is 5. The van der Waals surface area contributed by atoms with Crippen LogP contribution < -0.4 is 5.32 Å². The van der Waals surface area contributed by atoms with E-state index in [1.54, 1.807) is 7.11 Å². The van der Waals surface area contributed by atoms with Crippen molar-refractivity contribution in [3.63, 3.8) is 0 Å². The monoisotopic (exact) mass is 171 g/mol. The molecule has 1 atom stereocenters. The second-order valence-corrected chi connectivity index (χ2v) is 3.86. The van der Waals surface area contributed by atoms with Gasteiger partial charge in [0.2, 0.25) is 0 Å². The highest BCUT2D eigenvalue weighted by Gasteiger charge is 2.14. The van der Waals surface area contributed by atoms with Gasteiger partial charge in [0.1, 0.15) is 0 Å². The van der Waals surface area contributed by atoms with Crippen molar-refractivity contribution in [2.75, 3.05) is 20.2 Å². The Kier molecular flexibility index (Phi) is 4.62. The van der Waals surface area contributed by atoms with E-state index in [1.165, 1.54) is 32.2 Å². The lowest BCUT2D eigenvalue weighted by atomic mass is 10.1. The van der Waals surface area contributed by atoms with Gasteiger partial charge in [0.25, 0.3) is 0 Å². The number of ether oxygens (including phenoxy) is 1. The van der Waals surface area contributed by atoms with Gasteiger partial charge in [-0.1, -0.05) is 12.8 Å². The van der Waals surface area contributed by atoms with Crippen LogP contribution in [-0.2, 0) is 4.74 Å². The largest absolute Gasteiger partial charge is 0.380 e. The topological polar surface area (TPSA) is 21.3 Å². The fraction of sp³-hybridized carbons (Fsp3) is 1.00. The Morgan fingerprint density at radius 1 is 1.42 bits per heavy atom. The van der Waals surface area contributed by atoms with Gasteiger partial charge < -0.3 is 10.1 Å². The first-order chi connectivity index (χ1) is 5.83. The molecule has 0 aliphatic heterocycles. The van der Waals surface area contributed by atoms with Crippen LogP contribution >= 0.6 is 0 Å². The Balaban J connectivity index is 1.94. The summed E-state index contributed by atoms with van der Waals surface area (Å²) < 4.78 is 5.15. The molecule has 0 aromatic rings. The van der Waals surface area contributed by atoms with Crippen LogP contribution in [0.15, 0.2) is 0 Å². The third-order valence-corrected chi connectivity index (χ3v) is 2.74. The van der Waals surface area contributed by atoms with Crippen molar-refractivity contribution >= 4 is 0 Å². The lowest BCUT2D eigenvalue weighted by Gasteiger charge is -2.13. The zero-order chi connectivity index (χ0) is 8.81. The molecule has 1 unspecified atom stereocenters. The summed E-state index contributed by atoms with van der Waals surface area (Å²) in [7, 11) is 1.77. The molecule has 1 N–H and O–H groups in total. The van der Waals surface area contributed by atoms with E-state index in [0.29, 0.717) is 6.10 Å². The third kappa shape index (κ3) is 3.55. The van der Waals surface area contributed by atoms with Crippen LogP contribution in [0.3, 0.4) is 0 Å². The molecule has 12 heavy (non-hydrogen) atoms. The normalized spacial score (nSPS) is 21.5. The van der Waals surface area contributed by atoms with Crippen LogP contribution in [0.5, 0.6) is 0 Å². The van der Waals surface area contributed by atoms with E-state index in [0.717, 1.165) is 12.5 Å². The maximum atomic E-state index is 5.15. The summed E-state index contributed by atoms with van der Waals surface area (Å²) in [5.41, 5.74) is 0. The van der Waals surface area contributed by atoms with Crippen molar-refractivity contribution in [2.24, 2.45) is 5.92 Å². The molecule has 1 saturated carbocycles. The van der Waals surface area contributed by atoms with Crippen LogP contribution in [-0.4, -0.2) is 26.3 Å². The minimum Gasteiger partial charge on any atom is -0.380 e. The van der Waals surface area contributed by atoms with Gasteiger partial charge in [-0.15, -0.1) is 0 Å². The zero-order valence-corrected chi connectivity index (χ0v) is 8.31. The molecule has 0 spiro atoms. The smallest absolute Gasteiger partial charge is 0.0667 e. The van der Waals surface area contributed by atoms with E-state index in [4.69, 9.17) is 4.74 Å². The SMILES string of the molecule is COC(C)CNCC1CCCC1.